The monoisotopic (exact) mass is 126 g/mol. The predicted octanol–water partition coefficient (Wildman–Crippen LogP) is -0.919. The summed E-state index contributed by atoms with van der Waals surface area (Å²) >= 11 is 0. The van der Waals surface area contributed by atoms with Crippen LogP contribution in [0, 0.1) is 0 Å². The second-order valence-electron chi connectivity index (χ2n) is 1.36. The first-order valence-electron chi connectivity index (χ1n) is 2.10. The molecule has 1 heterocycles. The van der Waals surface area contributed by atoms with Crippen LogP contribution in [0.3, 0.4) is 0 Å². The number of aliphatic carboxylic acids is 1. The molecule has 0 radical (unpaired) electrons. The number of carboxylic acids is 1. The van der Waals surface area contributed by atoms with Crippen LogP contribution in [0.15, 0.2) is 10.2 Å². The Labute approximate surface area is 49.7 Å². The largest absolute Gasteiger partial charge is 0.476 e. The van der Waals surface area contributed by atoms with E-state index >= 15 is 0 Å². The Morgan fingerprint density at radius 2 is 2.33 bits per heavy atom. The van der Waals surface area contributed by atoms with Crippen molar-refractivity contribution in [3.05, 3.63) is 0 Å². The summed E-state index contributed by atoms with van der Waals surface area (Å²) in [5.41, 5.74) is -0.519. The molecule has 0 unspecified atom stereocenters. The van der Waals surface area contributed by atoms with Crippen molar-refractivity contribution in [3.8, 4) is 0 Å². The summed E-state index contributed by atoms with van der Waals surface area (Å²) in [6.45, 7) is 0. The fraction of sp³-hybridized carbons (Fsp3) is 0. The lowest BCUT2D eigenvalue weighted by atomic mass is 10.3. The topological polar surface area (TPSA) is 79.1 Å². The van der Waals surface area contributed by atoms with Crippen LogP contribution in [0.2, 0.25) is 0 Å². The number of nitrogens with zero attached hydrogens (tertiary/aromatic N) is 2. The summed E-state index contributed by atoms with van der Waals surface area (Å²) in [6, 6.07) is 0. The van der Waals surface area contributed by atoms with Crippen molar-refractivity contribution in [1.29, 1.82) is 0 Å². The van der Waals surface area contributed by atoms with E-state index in [0.717, 1.165) is 6.21 Å². The van der Waals surface area contributed by atoms with Crippen LogP contribution in [0.25, 0.3) is 0 Å². The zero-order valence-electron chi connectivity index (χ0n) is 4.24. The molecule has 0 aliphatic carbocycles. The molecule has 0 bridgehead atoms. The van der Waals surface area contributed by atoms with E-state index < -0.39 is 17.5 Å². The molecule has 5 nitrogen and oxygen atoms in total. The fourth-order valence-corrected chi connectivity index (χ4v) is 0.398. The van der Waals surface area contributed by atoms with Gasteiger partial charge < -0.3 is 5.11 Å². The van der Waals surface area contributed by atoms with Gasteiger partial charge in [0, 0.05) is 0 Å². The van der Waals surface area contributed by atoms with E-state index in [9.17, 15) is 9.59 Å². The molecule has 0 aromatic heterocycles. The van der Waals surface area contributed by atoms with E-state index in [0.29, 0.717) is 0 Å². The van der Waals surface area contributed by atoms with Gasteiger partial charge >= 0.3 is 5.97 Å². The van der Waals surface area contributed by atoms with E-state index in [-0.39, 0.29) is 0 Å². The molecular weight excluding hydrogens is 124 g/mol. The molecule has 1 aliphatic rings. The maximum Gasteiger partial charge on any atom is 0.360 e. The third-order valence-electron chi connectivity index (χ3n) is 0.769. The lowest BCUT2D eigenvalue weighted by molar-refractivity contribution is -0.129. The Balaban J connectivity index is 2.88. The quantitative estimate of drug-likeness (QED) is 0.493. The molecule has 1 rings (SSSR count). The Bertz CT molecular complexity index is 228. The first-order chi connectivity index (χ1) is 4.22. The zero-order valence-corrected chi connectivity index (χ0v) is 4.24. The lowest BCUT2D eigenvalue weighted by Gasteiger charge is -1.82. The minimum absolute atomic E-state index is 0.519. The van der Waals surface area contributed by atoms with Gasteiger partial charge in [-0.15, -0.1) is 5.10 Å². The summed E-state index contributed by atoms with van der Waals surface area (Å²) in [5.74, 6) is -1.99. The molecule has 0 amide bonds. The first-order valence-corrected chi connectivity index (χ1v) is 2.10. The molecule has 0 aromatic rings. The normalized spacial score (nSPS) is 16.0. The highest BCUT2D eigenvalue weighted by Crippen LogP contribution is 1.89. The number of carbonyl (C=O) groups excluding carboxylic acids is 1. The van der Waals surface area contributed by atoms with Crippen LogP contribution < -0.4 is 0 Å². The van der Waals surface area contributed by atoms with E-state index in [2.05, 4.69) is 10.2 Å². The molecule has 5 heteroatoms. The molecule has 46 valence electrons. The van der Waals surface area contributed by atoms with Crippen LogP contribution in [-0.2, 0) is 9.59 Å². The highest BCUT2D eigenvalue weighted by atomic mass is 16.4. The second-order valence-corrected chi connectivity index (χ2v) is 1.36. The van der Waals surface area contributed by atoms with Crippen LogP contribution in [0.5, 0.6) is 0 Å². The number of carboxylic acid groups (broad SMARTS) is 1. The summed E-state index contributed by atoms with van der Waals surface area (Å²) in [7, 11) is 0. The van der Waals surface area contributed by atoms with Gasteiger partial charge in [0.05, 0.1) is 6.21 Å². The van der Waals surface area contributed by atoms with Crippen molar-refractivity contribution in [2.24, 2.45) is 10.2 Å². The van der Waals surface area contributed by atoms with Crippen molar-refractivity contribution in [2.75, 3.05) is 0 Å². The van der Waals surface area contributed by atoms with Gasteiger partial charge in [0.25, 0.3) is 0 Å². The lowest BCUT2D eigenvalue weighted by Crippen LogP contribution is -2.20. The SMILES string of the molecule is O=C(O)C1=NN=CC1=O. The summed E-state index contributed by atoms with van der Waals surface area (Å²) in [6.07, 6.45) is 0.865. The Morgan fingerprint density at radius 1 is 1.67 bits per heavy atom. The first kappa shape index (κ1) is 5.61. The van der Waals surface area contributed by atoms with E-state index in [1.54, 1.807) is 0 Å². The zero-order chi connectivity index (χ0) is 6.85. The molecule has 0 saturated heterocycles. The average molecular weight is 126 g/mol. The Hall–Kier alpha value is -1.52. The van der Waals surface area contributed by atoms with Gasteiger partial charge in [0.1, 0.15) is 0 Å². The summed E-state index contributed by atoms with van der Waals surface area (Å²) in [4.78, 5) is 20.3. The van der Waals surface area contributed by atoms with Crippen LogP contribution in [0.4, 0.5) is 0 Å². The number of rotatable bonds is 1. The van der Waals surface area contributed by atoms with Gasteiger partial charge in [0.15, 0.2) is 0 Å². The predicted molar refractivity (Wildman–Crippen MR) is 28.6 cm³/mol. The third kappa shape index (κ3) is 0.835. The van der Waals surface area contributed by atoms with Gasteiger partial charge in [-0.05, 0) is 0 Å². The van der Waals surface area contributed by atoms with Crippen molar-refractivity contribution >= 4 is 23.7 Å². The van der Waals surface area contributed by atoms with E-state index in [1.165, 1.54) is 0 Å². The molecule has 0 aromatic carbocycles. The Kier molecular flexibility index (Phi) is 1.11. The second kappa shape index (κ2) is 1.77. The highest BCUT2D eigenvalue weighted by molar-refractivity contribution is 6.76. The summed E-state index contributed by atoms with van der Waals surface area (Å²) < 4.78 is 0. The van der Waals surface area contributed by atoms with Crippen LogP contribution in [-0.4, -0.2) is 28.8 Å². The number of hydrogen-bond acceptors (Lipinski definition) is 4. The minimum Gasteiger partial charge on any atom is -0.476 e. The molecule has 1 N–H and O–H groups in total. The molecular formula is C4H2N2O3. The van der Waals surface area contributed by atoms with E-state index in [4.69, 9.17) is 5.11 Å². The van der Waals surface area contributed by atoms with Gasteiger partial charge in [-0.25, -0.2) is 4.79 Å². The van der Waals surface area contributed by atoms with Crippen molar-refractivity contribution < 1.29 is 14.7 Å². The average Bonchev–Trinajstić information content (AvgIpc) is 2.13. The molecule has 0 saturated carbocycles. The number of ketones is 1. The number of Topliss-reactive ketones (excluding diaryl/α,β-unsaturated/α-hetero) is 1. The van der Waals surface area contributed by atoms with Gasteiger partial charge in [-0.2, -0.15) is 5.10 Å². The maximum absolute atomic E-state index is 10.4. The summed E-state index contributed by atoms with van der Waals surface area (Å²) in [5, 5.41) is 14.3. The molecule has 0 fully saturated rings. The molecule has 0 atom stereocenters. The molecule has 9 heavy (non-hydrogen) atoms. The standard InChI is InChI=1S/C4H2N2O3/c7-2-1-5-6-3(2)4(8)9/h1H,(H,8,9). The Morgan fingerprint density at radius 3 is 2.56 bits per heavy atom. The third-order valence-corrected chi connectivity index (χ3v) is 0.769. The minimum atomic E-state index is -1.34. The van der Waals surface area contributed by atoms with Crippen molar-refractivity contribution in [3.63, 3.8) is 0 Å². The van der Waals surface area contributed by atoms with Gasteiger partial charge in [0.2, 0.25) is 11.5 Å². The van der Waals surface area contributed by atoms with Crippen LogP contribution >= 0.6 is 0 Å². The van der Waals surface area contributed by atoms with E-state index in [1.807, 2.05) is 0 Å². The van der Waals surface area contributed by atoms with Crippen molar-refractivity contribution in [2.45, 2.75) is 0 Å². The number of hydrogen-bond donors (Lipinski definition) is 1. The maximum atomic E-state index is 10.4. The number of carbonyl (C=O) groups is 2. The molecule has 0 spiro atoms. The highest BCUT2D eigenvalue weighted by Gasteiger charge is 2.20. The fourth-order valence-electron chi connectivity index (χ4n) is 0.398. The van der Waals surface area contributed by atoms with Gasteiger partial charge in [-0.3, -0.25) is 4.79 Å². The van der Waals surface area contributed by atoms with Crippen molar-refractivity contribution in [1.82, 2.24) is 0 Å². The van der Waals surface area contributed by atoms with Crippen LogP contribution in [0.1, 0.15) is 0 Å². The van der Waals surface area contributed by atoms with Gasteiger partial charge in [-0.1, -0.05) is 0 Å². The smallest absolute Gasteiger partial charge is 0.360 e. The molecule has 1 aliphatic heterocycles.